The Bertz CT molecular complexity index is 1370. The van der Waals surface area contributed by atoms with Crippen LogP contribution in [0.15, 0.2) is 48.5 Å². The standard InChI is InChI=1S/C24H18Br2N4O8/c25-20-14-9-15(21(20)26)19-18(14)23(33)28(24(19)34)27(22(32)13-3-1-2-4-16(13)30(37)38)10-17(31)11-5-7-12(8-6-11)29(35)36/h1-8,14-15,18-21H,9-10H2/t14-,15-,18-,19+,20+,21+/m1/s1. The number of halogens is 2. The average molecular weight is 650 g/mol. The molecule has 2 aromatic carbocycles. The van der Waals surface area contributed by atoms with Crippen molar-refractivity contribution in [2.45, 2.75) is 16.1 Å². The third-order valence-electron chi connectivity index (χ3n) is 7.46. The Hall–Kier alpha value is -3.52. The van der Waals surface area contributed by atoms with E-state index in [-0.39, 0.29) is 32.7 Å². The van der Waals surface area contributed by atoms with Crippen LogP contribution in [0, 0.1) is 43.9 Å². The van der Waals surface area contributed by atoms with Gasteiger partial charge in [-0.1, -0.05) is 44.0 Å². The van der Waals surface area contributed by atoms with Crippen LogP contribution in [0.1, 0.15) is 27.1 Å². The van der Waals surface area contributed by atoms with Crippen LogP contribution < -0.4 is 0 Å². The van der Waals surface area contributed by atoms with Crippen LogP contribution in [0.5, 0.6) is 0 Å². The highest BCUT2D eigenvalue weighted by atomic mass is 79.9. The molecule has 3 amide bonds. The topological polar surface area (TPSA) is 161 Å². The summed E-state index contributed by atoms with van der Waals surface area (Å²) < 4.78 is 0. The van der Waals surface area contributed by atoms with Crippen LogP contribution in [0.2, 0.25) is 0 Å². The molecule has 2 bridgehead atoms. The molecule has 2 aliphatic carbocycles. The van der Waals surface area contributed by atoms with Crippen molar-refractivity contribution in [1.29, 1.82) is 0 Å². The number of nitro benzene ring substituents is 2. The van der Waals surface area contributed by atoms with E-state index in [0.717, 1.165) is 18.2 Å². The minimum absolute atomic E-state index is 0.00337. The number of non-ortho nitro benzene ring substituents is 1. The Morgan fingerprint density at radius 1 is 0.895 bits per heavy atom. The maximum absolute atomic E-state index is 13.7. The van der Waals surface area contributed by atoms with Crippen LogP contribution in [0.3, 0.4) is 0 Å². The Morgan fingerprint density at radius 3 is 1.97 bits per heavy atom. The zero-order valence-electron chi connectivity index (χ0n) is 19.3. The third-order valence-corrected chi connectivity index (χ3v) is 10.7. The van der Waals surface area contributed by atoms with Gasteiger partial charge in [0.25, 0.3) is 29.1 Å². The van der Waals surface area contributed by atoms with Gasteiger partial charge in [0.15, 0.2) is 5.78 Å². The molecule has 3 fully saturated rings. The number of imide groups is 1. The lowest BCUT2D eigenvalue weighted by Gasteiger charge is -2.30. The number of alkyl halides is 2. The van der Waals surface area contributed by atoms with E-state index >= 15 is 0 Å². The minimum atomic E-state index is -1.06. The molecule has 2 aromatic rings. The van der Waals surface area contributed by atoms with E-state index in [9.17, 15) is 39.4 Å². The van der Waals surface area contributed by atoms with E-state index in [2.05, 4.69) is 31.9 Å². The molecule has 1 saturated heterocycles. The quantitative estimate of drug-likeness (QED) is 0.145. The first-order chi connectivity index (χ1) is 18.0. The summed E-state index contributed by atoms with van der Waals surface area (Å²) in [5, 5.41) is 23.9. The number of hydrogen-bond acceptors (Lipinski definition) is 8. The van der Waals surface area contributed by atoms with E-state index in [1.54, 1.807) is 0 Å². The number of nitrogens with zero attached hydrogens (tertiary/aromatic N) is 4. The molecule has 5 rings (SSSR count). The Morgan fingerprint density at radius 2 is 1.45 bits per heavy atom. The largest absolute Gasteiger partial charge is 0.292 e. The third kappa shape index (κ3) is 4.02. The van der Waals surface area contributed by atoms with Gasteiger partial charge in [0.05, 0.1) is 21.7 Å². The monoisotopic (exact) mass is 648 g/mol. The highest BCUT2D eigenvalue weighted by molar-refractivity contribution is 9.12. The van der Waals surface area contributed by atoms with Gasteiger partial charge in [-0.15, -0.1) is 0 Å². The zero-order chi connectivity index (χ0) is 27.5. The van der Waals surface area contributed by atoms with Gasteiger partial charge in [-0.25, -0.2) is 5.01 Å². The van der Waals surface area contributed by atoms with E-state index in [1.807, 2.05) is 0 Å². The summed E-state index contributed by atoms with van der Waals surface area (Å²) in [5.41, 5.74) is -1.20. The Kier molecular flexibility index (Phi) is 6.63. The number of carbonyl (C=O) groups excluding carboxylic acids is 4. The smallest absolute Gasteiger partial charge is 0.282 e. The fourth-order valence-corrected chi connectivity index (χ4v) is 7.63. The normalized spacial score (nSPS) is 27.4. The van der Waals surface area contributed by atoms with Gasteiger partial charge in [0.1, 0.15) is 12.1 Å². The number of para-hydroxylation sites is 1. The molecular formula is C24H18Br2N4O8. The highest BCUT2D eigenvalue weighted by Crippen LogP contribution is 2.60. The number of Topliss-reactive ketones (excluding diaryl/α,β-unsaturated/α-hetero) is 1. The van der Waals surface area contributed by atoms with Crippen molar-refractivity contribution in [2.24, 2.45) is 23.7 Å². The van der Waals surface area contributed by atoms with Gasteiger partial charge in [0, 0.05) is 33.4 Å². The fourth-order valence-electron chi connectivity index (χ4n) is 5.75. The van der Waals surface area contributed by atoms with Crippen LogP contribution in [0.25, 0.3) is 0 Å². The summed E-state index contributed by atoms with van der Waals surface area (Å²) in [6.45, 7) is -0.787. The zero-order valence-corrected chi connectivity index (χ0v) is 22.5. The molecule has 0 N–H and O–H groups in total. The highest BCUT2D eigenvalue weighted by Gasteiger charge is 2.67. The van der Waals surface area contributed by atoms with Crippen molar-refractivity contribution in [3.05, 3.63) is 79.9 Å². The summed E-state index contributed by atoms with van der Waals surface area (Å²) in [4.78, 5) is 75.2. The van der Waals surface area contributed by atoms with Gasteiger partial charge >= 0.3 is 0 Å². The van der Waals surface area contributed by atoms with E-state index in [1.165, 1.54) is 30.3 Å². The summed E-state index contributed by atoms with van der Waals surface area (Å²) in [6.07, 6.45) is 0.645. The number of rotatable bonds is 7. The number of hydrazine groups is 1. The maximum Gasteiger partial charge on any atom is 0.282 e. The molecule has 1 heterocycles. The van der Waals surface area contributed by atoms with Gasteiger partial charge in [0.2, 0.25) is 0 Å². The number of fused-ring (bicyclic) bond motifs is 5. The summed E-state index contributed by atoms with van der Waals surface area (Å²) in [5.74, 6) is -4.77. The number of nitro groups is 2. The number of hydrogen-bond donors (Lipinski definition) is 0. The van der Waals surface area contributed by atoms with E-state index in [0.29, 0.717) is 16.4 Å². The van der Waals surface area contributed by atoms with Crippen molar-refractivity contribution in [3.8, 4) is 0 Å². The van der Waals surface area contributed by atoms with Crippen LogP contribution in [0.4, 0.5) is 11.4 Å². The lowest BCUT2D eigenvalue weighted by molar-refractivity contribution is -0.385. The summed E-state index contributed by atoms with van der Waals surface area (Å²) in [6, 6.07) is 9.66. The molecule has 0 spiro atoms. The SMILES string of the molecule is O=C(CN(C(=O)c1ccccc1[N+](=O)[O-])N1C(=O)[C@@H]2[C@H]3C[C@@H]([C@H](Br)[C@H]3Br)[C@@H]2C1=O)c1ccc([N+](=O)[O-])cc1. The Labute approximate surface area is 231 Å². The molecule has 38 heavy (non-hydrogen) atoms. The van der Waals surface area contributed by atoms with Gasteiger partial charge in [-0.05, 0) is 36.5 Å². The molecule has 12 nitrogen and oxygen atoms in total. The molecule has 6 atom stereocenters. The first-order valence-electron chi connectivity index (χ1n) is 11.5. The first-order valence-corrected chi connectivity index (χ1v) is 13.3. The van der Waals surface area contributed by atoms with Crippen molar-refractivity contribution in [1.82, 2.24) is 10.0 Å². The molecular weight excluding hydrogens is 632 g/mol. The second-order valence-corrected chi connectivity index (χ2v) is 11.5. The first kappa shape index (κ1) is 26.1. The van der Waals surface area contributed by atoms with Gasteiger partial charge in [-0.2, -0.15) is 5.01 Å². The van der Waals surface area contributed by atoms with Crippen LogP contribution in [-0.2, 0) is 9.59 Å². The van der Waals surface area contributed by atoms with Crippen molar-refractivity contribution >= 4 is 66.7 Å². The number of amides is 3. The molecule has 0 aromatic heterocycles. The van der Waals surface area contributed by atoms with Crippen molar-refractivity contribution < 1.29 is 29.0 Å². The number of benzene rings is 2. The van der Waals surface area contributed by atoms with Crippen molar-refractivity contribution in [3.63, 3.8) is 0 Å². The predicted molar refractivity (Wildman–Crippen MR) is 137 cm³/mol. The molecule has 1 aliphatic heterocycles. The van der Waals surface area contributed by atoms with E-state index < -0.39 is 63.0 Å². The molecule has 0 unspecified atom stereocenters. The lowest BCUT2D eigenvalue weighted by atomic mass is 9.81. The summed E-state index contributed by atoms with van der Waals surface area (Å²) in [7, 11) is 0. The van der Waals surface area contributed by atoms with Gasteiger partial charge < -0.3 is 0 Å². The minimum Gasteiger partial charge on any atom is -0.292 e. The number of ketones is 1. The fraction of sp³-hybridized carbons (Fsp3) is 0.333. The van der Waals surface area contributed by atoms with E-state index in [4.69, 9.17) is 0 Å². The predicted octanol–water partition coefficient (Wildman–Crippen LogP) is 3.52. The van der Waals surface area contributed by atoms with Crippen LogP contribution in [-0.4, -0.2) is 59.6 Å². The number of carbonyl (C=O) groups is 4. The molecule has 196 valence electrons. The molecule has 0 radical (unpaired) electrons. The summed E-state index contributed by atoms with van der Waals surface area (Å²) >= 11 is 7.19. The lowest BCUT2D eigenvalue weighted by Crippen LogP contribution is -2.52. The van der Waals surface area contributed by atoms with Crippen LogP contribution >= 0.6 is 31.9 Å². The molecule has 3 aliphatic rings. The average Bonchev–Trinajstić information content (AvgIpc) is 3.51. The molecule has 14 heteroatoms. The second kappa shape index (κ2) is 9.66. The van der Waals surface area contributed by atoms with Gasteiger partial charge in [-0.3, -0.25) is 39.4 Å². The molecule has 2 saturated carbocycles. The Balaban J connectivity index is 1.53. The second-order valence-electron chi connectivity index (χ2n) is 9.36. The maximum atomic E-state index is 13.7. The van der Waals surface area contributed by atoms with Crippen molar-refractivity contribution in [2.75, 3.05) is 6.54 Å².